The number of nitrogens with zero attached hydrogens (tertiary/aromatic N) is 2. The maximum Gasteiger partial charge on any atom is 0.411 e. The number of anilines is 2. The zero-order valence-corrected chi connectivity index (χ0v) is 8.91. The Bertz CT molecular complexity index is 382. The summed E-state index contributed by atoms with van der Waals surface area (Å²) in [5.74, 6) is -0.518. The topological polar surface area (TPSA) is 82.2 Å². The van der Waals surface area contributed by atoms with Crippen LogP contribution in [0.2, 0.25) is 0 Å². The number of rotatable bonds is 4. The summed E-state index contributed by atoms with van der Waals surface area (Å²) < 4.78 is 40.6. The molecule has 0 aliphatic rings. The number of alkyl halides is 3. The van der Waals surface area contributed by atoms with E-state index < -0.39 is 25.3 Å². The van der Waals surface area contributed by atoms with Gasteiger partial charge in [0.25, 0.3) is 5.91 Å². The Balaban J connectivity index is 2.41. The number of carbonyl (C=O) groups is 1. The molecule has 17 heavy (non-hydrogen) atoms. The van der Waals surface area contributed by atoms with Crippen LogP contribution in [0.5, 0.6) is 0 Å². The van der Waals surface area contributed by atoms with Crippen LogP contribution < -0.4 is 11.1 Å². The lowest BCUT2D eigenvalue weighted by atomic mass is 10.5. The quantitative estimate of drug-likeness (QED) is 0.818. The van der Waals surface area contributed by atoms with Gasteiger partial charge in [-0.25, -0.2) is 0 Å². The molecular formula is C8H11F3N4O2. The summed E-state index contributed by atoms with van der Waals surface area (Å²) in [6, 6.07) is 0. The zero-order chi connectivity index (χ0) is 13.1. The molecule has 0 fully saturated rings. The number of carbonyl (C=O) groups excluding carboxylic acids is 1. The lowest BCUT2D eigenvalue weighted by Gasteiger charge is -2.08. The van der Waals surface area contributed by atoms with Gasteiger partial charge in [0.1, 0.15) is 13.2 Å². The summed E-state index contributed by atoms with van der Waals surface area (Å²) in [5.41, 5.74) is 5.69. The minimum atomic E-state index is -4.45. The highest BCUT2D eigenvalue weighted by atomic mass is 19.4. The van der Waals surface area contributed by atoms with Gasteiger partial charge in [-0.3, -0.25) is 9.48 Å². The van der Waals surface area contributed by atoms with E-state index in [1.807, 2.05) is 0 Å². The summed E-state index contributed by atoms with van der Waals surface area (Å²) in [6.45, 7) is -2.18. The number of hydrogen-bond acceptors (Lipinski definition) is 4. The predicted octanol–water partition coefficient (Wildman–Crippen LogP) is 0.520. The Hall–Kier alpha value is -1.77. The minimum Gasteiger partial charge on any atom is -0.394 e. The number of nitrogens with one attached hydrogen (secondary N) is 1. The molecule has 6 nitrogen and oxygen atoms in total. The number of nitrogen functional groups attached to an aromatic ring is 1. The summed E-state index contributed by atoms with van der Waals surface area (Å²) in [6.07, 6.45) is -3.14. The molecule has 0 radical (unpaired) electrons. The van der Waals surface area contributed by atoms with Gasteiger partial charge in [-0.1, -0.05) is 0 Å². The molecule has 9 heteroatoms. The van der Waals surface area contributed by atoms with E-state index in [9.17, 15) is 18.0 Å². The predicted molar refractivity (Wildman–Crippen MR) is 53.1 cm³/mol. The molecule has 1 rings (SSSR count). The van der Waals surface area contributed by atoms with Crippen molar-refractivity contribution in [1.29, 1.82) is 0 Å². The largest absolute Gasteiger partial charge is 0.411 e. The first-order chi connectivity index (χ1) is 7.79. The third kappa shape index (κ3) is 4.31. The molecule has 0 bridgehead atoms. The SMILES string of the molecule is Cn1ncc(N)c1NC(=O)COCC(F)(F)F. The Morgan fingerprint density at radius 2 is 2.29 bits per heavy atom. The van der Waals surface area contributed by atoms with Gasteiger partial charge in [0, 0.05) is 7.05 Å². The standard InChI is InChI=1S/C8H11F3N4O2/c1-15-7(5(12)2-13-15)14-6(16)3-17-4-8(9,10)11/h2H,3-4,12H2,1H3,(H,14,16). The van der Waals surface area contributed by atoms with Gasteiger partial charge in [-0.2, -0.15) is 18.3 Å². The summed E-state index contributed by atoms with van der Waals surface area (Å²) in [4.78, 5) is 11.2. The fourth-order valence-electron chi connectivity index (χ4n) is 1.04. The van der Waals surface area contributed by atoms with Crippen LogP contribution in [0.15, 0.2) is 6.20 Å². The second-order valence-electron chi connectivity index (χ2n) is 3.23. The van der Waals surface area contributed by atoms with Gasteiger partial charge in [-0.05, 0) is 0 Å². The molecule has 0 saturated heterocycles. The first kappa shape index (κ1) is 13.3. The average molecular weight is 252 g/mol. The monoisotopic (exact) mass is 252 g/mol. The summed E-state index contributed by atoms with van der Waals surface area (Å²) >= 11 is 0. The molecule has 0 atom stereocenters. The Labute approximate surface area is 94.5 Å². The maximum atomic E-state index is 11.7. The van der Waals surface area contributed by atoms with Crippen molar-refractivity contribution in [3.63, 3.8) is 0 Å². The van der Waals surface area contributed by atoms with Crippen LogP contribution in [0.3, 0.4) is 0 Å². The molecule has 0 unspecified atom stereocenters. The van der Waals surface area contributed by atoms with E-state index in [2.05, 4.69) is 15.2 Å². The molecule has 1 heterocycles. The van der Waals surface area contributed by atoms with E-state index in [-0.39, 0.29) is 11.5 Å². The fraction of sp³-hybridized carbons (Fsp3) is 0.500. The van der Waals surface area contributed by atoms with Crippen molar-refractivity contribution < 1.29 is 22.7 Å². The van der Waals surface area contributed by atoms with E-state index in [0.29, 0.717) is 0 Å². The van der Waals surface area contributed by atoms with Crippen molar-refractivity contribution in [2.24, 2.45) is 7.05 Å². The second kappa shape index (κ2) is 5.04. The Kier molecular flexibility index (Phi) is 3.94. The van der Waals surface area contributed by atoms with Crippen LogP contribution in [0.1, 0.15) is 0 Å². The molecule has 0 saturated carbocycles. The highest BCUT2D eigenvalue weighted by Gasteiger charge is 2.27. The van der Waals surface area contributed by atoms with E-state index in [1.54, 1.807) is 0 Å². The number of aryl methyl sites for hydroxylation is 1. The van der Waals surface area contributed by atoms with Gasteiger partial charge in [0.2, 0.25) is 0 Å². The van der Waals surface area contributed by atoms with Crippen molar-refractivity contribution >= 4 is 17.4 Å². The van der Waals surface area contributed by atoms with E-state index in [0.717, 1.165) is 0 Å². The van der Waals surface area contributed by atoms with Crippen molar-refractivity contribution in [2.75, 3.05) is 24.3 Å². The highest BCUT2D eigenvalue weighted by molar-refractivity contribution is 5.93. The lowest BCUT2D eigenvalue weighted by molar-refractivity contribution is -0.174. The summed E-state index contributed by atoms with van der Waals surface area (Å²) in [5, 5.41) is 6.03. The molecule has 1 aromatic rings. The molecule has 0 aliphatic carbocycles. The smallest absolute Gasteiger partial charge is 0.394 e. The van der Waals surface area contributed by atoms with Gasteiger partial charge in [-0.15, -0.1) is 0 Å². The molecule has 0 aliphatic heterocycles. The van der Waals surface area contributed by atoms with E-state index in [4.69, 9.17) is 5.73 Å². The fourth-order valence-corrected chi connectivity index (χ4v) is 1.04. The zero-order valence-electron chi connectivity index (χ0n) is 8.91. The van der Waals surface area contributed by atoms with E-state index in [1.165, 1.54) is 17.9 Å². The third-order valence-electron chi connectivity index (χ3n) is 1.72. The summed E-state index contributed by atoms with van der Waals surface area (Å²) in [7, 11) is 1.53. The van der Waals surface area contributed by atoms with Crippen LogP contribution in [0.25, 0.3) is 0 Å². The Morgan fingerprint density at radius 3 is 2.76 bits per heavy atom. The molecular weight excluding hydrogens is 241 g/mol. The lowest BCUT2D eigenvalue weighted by Crippen LogP contribution is -2.25. The first-order valence-corrected chi connectivity index (χ1v) is 4.51. The van der Waals surface area contributed by atoms with Crippen LogP contribution in [0, 0.1) is 0 Å². The number of aromatic nitrogens is 2. The second-order valence-corrected chi connectivity index (χ2v) is 3.23. The van der Waals surface area contributed by atoms with Crippen molar-refractivity contribution in [1.82, 2.24) is 9.78 Å². The van der Waals surface area contributed by atoms with Crippen LogP contribution in [-0.4, -0.2) is 35.1 Å². The maximum absolute atomic E-state index is 11.7. The molecule has 0 aromatic carbocycles. The van der Waals surface area contributed by atoms with Crippen molar-refractivity contribution in [2.45, 2.75) is 6.18 Å². The highest BCUT2D eigenvalue weighted by Crippen LogP contribution is 2.16. The van der Waals surface area contributed by atoms with Gasteiger partial charge >= 0.3 is 6.18 Å². The first-order valence-electron chi connectivity index (χ1n) is 4.51. The number of hydrogen-bond donors (Lipinski definition) is 2. The average Bonchev–Trinajstić information content (AvgIpc) is 2.47. The molecule has 1 aromatic heterocycles. The number of ether oxygens (including phenoxy) is 1. The molecule has 96 valence electrons. The van der Waals surface area contributed by atoms with E-state index >= 15 is 0 Å². The van der Waals surface area contributed by atoms with Crippen molar-refractivity contribution in [3.8, 4) is 0 Å². The number of nitrogens with two attached hydrogens (primary N) is 1. The van der Waals surface area contributed by atoms with Crippen LogP contribution in [-0.2, 0) is 16.6 Å². The van der Waals surface area contributed by atoms with Crippen molar-refractivity contribution in [3.05, 3.63) is 6.20 Å². The minimum absolute atomic E-state index is 0.214. The van der Waals surface area contributed by atoms with Gasteiger partial charge < -0.3 is 15.8 Å². The van der Waals surface area contributed by atoms with Gasteiger partial charge in [0.05, 0.1) is 11.9 Å². The number of halogens is 3. The number of amides is 1. The Morgan fingerprint density at radius 1 is 1.65 bits per heavy atom. The molecule has 3 N–H and O–H groups in total. The van der Waals surface area contributed by atoms with Gasteiger partial charge in [0.15, 0.2) is 5.82 Å². The van der Waals surface area contributed by atoms with Crippen LogP contribution in [0.4, 0.5) is 24.7 Å². The normalized spacial score (nSPS) is 11.5. The molecule has 1 amide bonds. The third-order valence-corrected chi connectivity index (χ3v) is 1.72. The molecule has 0 spiro atoms. The van der Waals surface area contributed by atoms with Crippen LogP contribution >= 0.6 is 0 Å².